The second-order valence-corrected chi connectivity index (χ2v) is 12.0. The predicted octanol–water partition coefficient (Wildman–Crippen LogP) is 5.51. The van der Waals surface area contributed by atoms with Gasteiger partial charge in [-0.25, -0.2) is 17.9 Å². The van der Waals surface area contributed by atoms with Gasteiger partial charge in [0.05, 0.1) is 15.1 Å². The minimum atomic E-state index is -3.80. The third-order valence-electron chi connectivity index (χ3n) is 4.94. The van der Waals surface area contributed by atoms with E-state index >= 15 is 0 Å². The standard InChI is InChI=1S/C24H32Cl3N3O4S/c1-24(2,3)34-23(31)28-16-18-9-7-17(8-10-18)6-5-14-30(4)15-13-29-35(32,33)20-12-11-19(25)21(26)22(20)27/h7-12,29H,5-6,13-16H2,1-4H3,(H,28,31). The summed E-state index contributed by atoms with van der Waals surface area (Å²) < 4.78 is 32.8. The van der Waals surface area contributed by atoms with E-state index in [0.717, 1.165) is 24.9 Å². The van der Waals surface area contributed by atoms with Crippen molar-refractivity contribution in [2.45, 2.75) is 50.7 Å². The maximum atomic E-state index is 12.5. The van der Waals surface area contributed by atoms with Gasteiger partial charge in [-0.1, -0.05) is 59.1 Å². The predicted molar refractivity (Wildman–Crippen MR) is 142 cm³/mol. The smallest absolute Gasteiger partial charge is 0.407 e. The minimum absolute atomic E-state index is 0.0145. The van der Waals surface area contributed by atoms with Crippen molar-refractivity contribution >= 4 is 50.9 Å². The van der Waals surface area contributed by atoms with E-state index < -0.39 is 21.7 Å². The highest BCUT2D eigenvalue weighted by molar-refractivity contribution is 7.89. The Kier molecular flexibility index (Phi) is 11.1. The van der Waals surface area contributed by atoms with Crippen LogP contribution in [0.5, 0.6) is 0 Å². The van der Waals surface area contributed by atoms with Crippen molar-refractivity contribution in [3.05, 3.63) is 62.6 Å². The number of sulfonamides is 1. The van der Waals surface area contributed by atoms with Gasteiger partial charge < -0.3 is 15.0 Å². The molecule has 0 bridgehead atoms. The number of carbonyl (C=O) groups excluding carboxylic acids is 1. The van der Waals surface area contributed by atoms with Gasteiger partial charge >= 0.3 is 6.09 Å². The first-order valence-corrected chi connectivity index (χ1v) is 13.8. The molecule has 0 spiro atoms. The maximum absolute atomic E-state index is 12.5. The van der Waals surface area contributed by atoms with Crippen LogP contribution in [0, 0.1) is 0 Å². The van der Waals surface area contributed by atoms with Gasteiger partial charge in [0, 0.05) is 19.6 Å². The van der Waals surface area contributed by atoms with Crippen molar-refractivity contribution in [2.75, 3.05) is 26.7 Å². The van der Waals surface area contributed by atoms with Crippen LogP contribution in [0.25, 0.3) is 0 Å². The number of hydrogen-bond donors (Lipinski definition) is 2. The number of benzene rings is 2. The van der Waals surface area contributed by atoms with E-state index in [1.54, 1.807) is 0 Å². The Hall–Kier alpha value is -1.55. The van der Waals surface area contributed by atoms with Crippen molar-refractivity contribution in [1.29, 1.82) is 0 Å². The molecule has 0 aromatic heterocycles. The summed E-state index contributed by atoms with van der Waals surface area (Å²) >= 11 is 17.9. The summed E-state index contributed by atoms with van der Waals surface area (Å²) in [5, 5.41) is 2.87. The highest BCUT2D eigenvalue weighted by Gasteiger charge is 2.21. The van der Waals surface area contributed by atoms with Gasteiger partial charge in [-0.3, -0.25) is 0 Å². The molecule has 0 saturated carbocycles. The highest BCUT2D eigenvalue weighted by atomic mass is 35.5. The lowest BCUT2D eigenvalue weighted by Crippen LogP contribution is -2.33. The molecule has 7 nitrogen and oxygen atoms in total. The number of aryl methyl sites for hydroxylation is 1. The Labute approximate surface area is 223 Å². The number of nitrogens with zero attached hydrogens (tertiary/aromatic N) is 1. The molecule has 0 unspecified atom stereocenters. The van der Waals surface area contributed by atoms with E-state index in [2.05, 4.69) is 14.9 Å². The average molecular weight is 565 g/mol. The molecule has 2 N–H and O–H groups in total. The summed E-state index contributed by atoms with van der Waals surface area (Å²) in [6.45, 7) is 7.45. The van der Waals surface area contributed by atoms with E-state index in [0.29, 0.717) is 13.1 Å². The molecular formula is C24H32Cl3N3O4S. The SMILES string of the molecule is CN(CCCc1ccc(CNC(=O)OC(C)(C)C)cc1)CCNS(=O)(=O)c1ccc(Cl)c(Cl)c1Cl. The second-order valence-electron chi connectivity index (χ2n) is 9.15. The fourth-order valence-electron chi connectivity index (χ4n) is 3.14. The molecule has 35 heavy (non-hydrogen) atoms. The van der Waals surface area contributed by atoms with Gasteiger partial charge in [-0.2, -0.15) is 0 Å². The highest BCUT2D eigenvalue weighted by Crippen LogP contribution is 2.34. The second kappa shape index (κ2) is 13.1. The first-order chi connectivity index (χ1) is 16.3. The Morgan fingerprint density at radius 3 is 2.23 bits per heavy atom. The molecule has 0 aliphatic rings. The minimum Gasteiger partial charge on any atom is -0.444 e. The molecular weight excluding hydrogens is 533 g/mol. The third kappa shape index (κ3) is 10.1. The summed E-state index contributed by atoms with van der Waals surface area (Å²) in [5.74, 6) is 0. The molecule has 0 saturated heterocycles. The Morgan fingerprint density at radius 2 is 1.60 bits per heavy atom. The number of rotatable bonds is 11. The van der Waals surface area contributed by atoms with Gasteiger partial charge in [0.15, 0.2) is 0 Å². The Morgan fingerprint density at radius 1 is 0.971 bits per heavy atom. The van der Waals surface area contributed by atoms with E-state index in [1.165, 1.54) is 17.7 Å². The molecule has 194 valence electrons. The van der Waals surface area contributed by atoms with Gasteiger partial charge in [-0.05, 0) is 70.5 Å². The summed E-state index contributed by atoms with van der Waals surface area (Å²) in [6.07, 6.45) is 1.36. The van der Waals surface area contributed by atoms with Crippen LogP contribution in [-0.4, -0.2) is 51.7 Å². The molecule has 2 aromatic rings. The number of hydrogen-bond acceptors (Lipinski definition) is 5. The molecule has 0 aliphatic heterocycles. The lowest BCUT2D eigenvalue weighted by Gasteiger charge is -2.19. The zero-order valence-electron chi connectivity index (χ0n) is 20.3. The summed E-state index contributed by atoms with van der Waals surface area (Å²) in [7, 11) is -1.86. The molecule has 0 fully saturated rings. The van der Waals surface area contributed by atoms with Gasteiger partial charge in [0.1, 0.15) is 10.5 Å². The van der Waals surface area contributed by atoms with Crippen LogP contribution in [0.1, 0.15) is 38.3 Å². The molecule has 0 atom stereocenters. The number of ether oxygens (including phenoxy) is 1. The van der Waals surface area contributed by atoms with Crippen LogP contribution in [0.15, 0.2) is 41.3 Å². The lowest BCUT2D eigenvalue weighted by atomic mass is 10.1. The number of halogens is 3. The van der Waals surface area contributed by atoms with E-state index in [4.69, 9.17) is 39.5 Å². The van der Waals surface area contributed by atoms with Crippen molar-refractivity contribution in [1.82, 2.24) is 14.9 Å². The van der Waals surface area contributed by atoms with Crippen molar-refractivity contribution < 1.29 is 17.9 Å². The normalized spacial score (nSPS) is 12.1. The fraction of sp³-hybridized carbons (Fsp3) is 0.458. The zero-order chi connectivity index (χ0) is 26.2. The molecule has 2 aromatic carbocycles. The molecule has 0 radical (unpaired) electrons. The van der Waals surface area contributed by atoms with Crippen LogP contribution >= 0.6 is 34.8 Å². The number of nitrogens with one attached hydrogen (secondary N) is 2. The monoisotopic (exact) mass is 563 g/mol. The van der Waals surface area contributed by atoms with Gasteiger partial charge in [0.2, 0.25) is 10.0 Å². The summed E-state index contributed by atoms with van der Waals surface area (Å²) in [4.78, 5) is 13.7. The quantitative estimate of drug-likeness (QED) is 0.351. The van der Waals surface area contributed by atoms with Crippen molar-refractivity contribution in [3.63, 3.8) is 0 Å². The fourth-order valence-corrected chi connectivity index (χ4v) is 5.14. The average Bonchev–Trinajstić information content (AvgIpc) is 2.75. The van der Waals surface area contributed by atoms with Crippen LogP contribution < -0.4 is 10.0 Å². The van der Waals surface area contributed by atoms with Crippen molar-refractivity contribution in [3.8, 4) is 0 Å². The van der Waals surface area contributed by atoms with Gasteiger partial charge in [-0.15, -0.1) is 0 Å². The maximum Gasteiger partial charge on any atom is 0.407 e. The Balaban J connectivity index is 1.71. The van der Waals surface area contributed by atoms with Gasteiger partial charge in [0.25, 0.3) is 0 Å². The number of amides is 1. The number of alkyl carbamates (subject to hydrolysis) is 1. The number of likely N-dealkylation sites (N-methyl/N-ethyl adjacent to an activating group) is 1. The zero-order valence-corrected chi connectivity index (χ0v) is 23.4. The van der Waals surface area contributed by atoms with Crippen LogP contribution in [0.4, 0.5) is 4.79 Å². The topological polar surface area (TPSA) is 87.7 Å². The van der Waals surface area contributed by atoms with Crippen LogP contribution in [-0.2, 0) is 27.7 Å². The van der Waals surface area contributed by atoms with Crippen LogP contribution in [0.2, 0.25) is 15.1 Å². The third-order valence-corrected chi connectivity index (χ3v) is 7.85. The summed E-state index contributed by atoms with van der Waals surface area (Å²) in [5.41, 5.74) is 1.66. The largest absolute Gasteiger partial charge is 0.444 e. The molecule has 0 aliphatic carbocycles. The number of carbonyl (C=O) groups is 1. The lowest BCUT2D eigenvalue weighted by molar-refractivity contribution is 0.0523. The first-order valence-electron chi connectivity index (χ1n) is 11.1. The molecule has 1 amide bonds. The Bertz CT molecular complexity index is 1100. The molecule has 2 rings (SSSR count). The molecule has 11 heteroatoms. The first kappa shape index (κ1) is 29.7. The van der Waals surface area contributed by atoms with E-state index in [-0.39, 0.29) is 26.5 Å². The van der Waals surface area contributed by atoms with E-state index in [1.807, 2.05) is 52.1 Å². The molecule has 0 heterocycles. The van der Waals surface area contributed by atoms with Crippen LogP contribution in [0.3, 0.4) is 0 Å². The van der Waals surface area contributed by atoms with Crippen molar-refractivity contribution in [2.24, 2.45) is 0 Å². The summed E-state index contributed by atoms with van der Waals surface area (Å²) in [6, 6.07) is 10.8. The van der Waals surface area contributed by atoms with E-state index in [9.17, 15) is 13.2 Å².